The molecule has 0 aromatic heterocycles. The van der Waals surface area contributed by atoms with Crippen LogP contribution in [0.15, 0.2) is 18.2 Å². The Labute approximate surface area is 118 Å². The highest BCUT2D eigenvalue weighted by atomic mass is 127. The zero-order chi connectivity index (χ0) is 13.7. The first-order valence-corrected chi connectivity index (χ1v) is 6.30. The van der Waals surface area contributed by atoms with Gasteiger partial charge in [0.25, 0.3) is 0 Å². The molecule has 1 unspecified atom stereocenters. The minimum atomic E-state index is -1.58. The topological polar surface area (TPSA) is 83.8 Å². The number of hydrogen-bond donors (Lipinski definition) is 2. The Kier molecular flexibility index (Phi) is 5.54. The third kappa shape index (κ3) is 3.67. The fourth-order valence-corrected chi connectivity index (χ4v) is 2.35. The van der Waals surface area contributed by atoms with Gasteiger partial charge in [-0.15, -0.1) is 0 Å². The molecular formula is C12H13IO5. The van der Waals surface area contributed by atoms with Crippen molar-refractivity contribution in [2.45, 2.75) is 18.9 Å². The van der Waals surface area contributed by atoms with Crippen LogP contribution in [0.1, 0.15) is 23.7 Å². The number of esters is 1. The van der Waals surface area contributed by atoms with Gasteiger partial charge in [0.05, 0.1) is 7.11 Å². The number of halogens is 1. The third-order valence-electron chi connectivity index (χ3n) is 2.49. The van der Waals surface area contributed by atoms with Crippen molar-refractivity contribution in [3.05, 3.63) is 32.9 Å². The Bertz CT molecular complexity index is 458. The summed E-state index contributed by atoms with van der Waals surface area (Å²) in [5.41, 5.74) is 0.983. The van der Waals surface area contributed by atoms with Crippen LogP contribution in [-0.2, 0) is 20.7 Å². The lowest BCUT2D eigenvalue weighted by Gasteiger charge is -2.13. The highest BCUT2D eigenvalue weighted by Gasteiger charge is 2.21. The molecule has 0 saturated carbocycles. The van der Waals surface area contributed by atoms with E-state index in [1.54, 1.807) is 18.2 Å². The lowest BCUT2D eigenvalue weighted by Crippen LogP contribution is -2.14. The van der Waals surface area contributed by atoms with Gasteiger partial charge < -0.3 is 14.9 Å². The van der Waals surface area contributed by atoms with Crippen molar-refractivity contribution in [3.63, 3.8) is 0 Å². The van der Waals surface area contributed by atoms with Crippen molar-refractivity contribution in [3.8, 4) is 0 Å². The van der Waals surface area contributed by atoms with Gasteiger partial charge in [-0.2, -0.15) is 0 Å². The summed E-state index contributed by atoms with van der Waals surface area (Å²) in [5, 5.41) is 18.4. The molecule has 0 radical (unpaired) electrons. The molecule has 0 saturated heterocycles. The molecule has 1 aromatic rings. The largest absolute Gasteiger partial charge is 0.479 e. The first kappa shape index (κ1) is 14.9. The molecule has 0 aliphatic heterocycles. The van der Waals surface area contributed by atoms with Crippen LogP contribution in [0.5, 0.6) is 0 Å². The van der Waals surface area contributed by atoms with E-state index in [1.165, 1.54) is 7.11 Å². The van der Waals surface area contributed by atoms with Gasteiger partial charge in [-0.05, 0) is 46.2 Å². The van der Waals surface area contributed by atoms with E-state index < -0.39 is 12.1 Å². The Morgan fingerprint density at radius 3 is 2.67 bits per heavy atom. The Morgan fingerprint density at radius 1 is 1.44 bits per heavy atom. The van der Waals surface area contributed by atoms with Crippen LogP contribution in [0.25, 0.3) is 0 Å². The number of ether oxygens (including phenoxy) is 1. The number of carboxylic acids is 1. The zero-order valence-electron chi connectivity index (χ0n) is 9.72. The smallest absolute Gasteiger partial charge is 0.337 e. The quantitative estimate of drug-likeness (QED) is 0.612. The number of carboxylic acid groups (broad SMARTS) is 1. The van der Waals surface area contributed by atoms with Gasteiger partial charge in [0.1, 0.15) is 0 Å². The maximum absolute atomic E-state index is 11.1. The maximum atomic E-state index is 11.1. The highest BCUT2D eigenvalue weighted by Crippen LogP contribution is 2.24. The van der Waals surface area contributed by atoms with Gasteiger partial charge >= 0.3 is 11.9 Å². The van der Waals surface area contributed by atoms with Crippen LogP contribution in [0, 0.1) is 3.57 Å². The first-order valence-electron chi connectivity index (χ1n) is 5.22. The first-order chi connectivity index (χ1) is 8.47. The molecule has 0 bridgehead atoms. The number of carbonyl (C=O) groups is 2. The number of aliphatic carboxylic acids is 1. The minimum Gasteiger partial charge on any atom is -0.479 e. The third-order valence-corrected chi connectivity index (χ3v) is 3.50. The summed E-state index contributed by atoms with van der Waals surface area (Å²) >= 11 is 2.05. The molecule has 18 heavy (non-hydrogen) atoms. The van der Waals surface area contributed by atoms with Crippen LogP contribution in [-0.4, -0.2) is 29.3 Å². The van der Waals surface area contributed by atoms with Gasteiger partial charge in [-0.3, -0.25) is 4.79 Å². The van der Waals surface area contributed by atoms with Crippen LogP contribution in [0.4, 0.5) is 0 Å². The monoisotopic (exact) mass is 364 g/mol. The molecule has 0 spiro atoms. The second-order valence-corrected chi connectivity index (χ2v) is 4.79. The molecule has 98 valence electrons. The maximum Gasteiger partial charge on any atom is 0.337 e. The van der Waals surface area contributed by atoms with E-state index in [0.29, 0.717) is 17.5 Å². The average molecular weight is 364 g/mol. The number of aliphatic hydroxyl groups excluding tert-OH is 1. The SMILES string of the molecule is COC(=O)CCc1c(I)cccc1C(O)C(=O)O. The Morgan fingerprint density at radius 2 is 2.11 bits per heavy atom. The van der Waals surface area contributed by atoms with Crippen LogP contribution in [0.2, 0.25) is 0 Å². The average Bonchev–Trinajstić information content (AvgIpc) is 2.35. The Balaban J connectivity index is 3.01. The van der Waals surface area contributed by atoms with E-state index in [-0.39, 0.29) is 12.4 Å². The Hall–Kier alpha value is -1.15. The number of benzene rings is 1. The normalized spacial score (nSPS) is 11.9. The van der Waals surface area contributed by atoms with Gasteiger partial charge in [0.2, 0.25) is 0 Å². The summed E-state index contributed by atoms with van der Waals surface area (Å²) in [6.07, 6.45) is -1.09. The van der Waals surface area contributed by atoms with E-state index in [0.717, 1.165) is 3.57 Å². The van der Waals surface area contributed by atoms with Crippen LogP contribution >= 0.6 is 22.6 Å². The highest BCUT2D eigenvalue weighted by molar-refractivity contribution is 14.1. The lowest BCUT2D eigenvalue weighted by atomic mass is 9.99. The summed E-state index contributed by atoms with van der Waals surface area (Å²) in [4.78, 5) is 21.9. The predicted molar refractivity (Wildman–Crippen MR) is 72.1 cm³/mol. The van der Waals surface area contributed by atoms with Gasteiger partial charge in [-0.1, -0.05) is 12.1 Å². The van der Waals surface area contributed by atoms with Crippen molar-refractivity contribution in [1.82, 2.24) is 0 Å². The minimum absolute atomic E-state index is 0.149. The lowest BCUT2D eigenvalue weighted by molar-refractivity contribution is -0.147. The van der Waals surface area contributed by atoms with Crippen molar-refractivity contribution in [1.29, 1.82) is 0 Å². The molecule has 0 fully saturated rings. The van der Waals surface area contributed by atoms with Crippen molar-refractivity contribution in [2.24, 2.45) is 0 Å². The molecule has 6 heteroatoms. The van der Waals surface area contributed by atoms with E-state index >= 15 is 0 Å². The van der Waals surface area contributed by atoms with Gasteiger partial charge in [0.15, 0.2) is 6.10 Å². The van der Waals surface area contributed by atoms with Gasteiger partial charge in [0, 0.05) is 9.99 Å². The second-order valence-electron chi connectivity index (χ2n) is 3.62. The second kappa shape index (κ2) is 6.69. The van der Waals surface area contributed by atoms with E-state index in [1.807, 2.05) is 22.6 Å². The van der Waals surface area contributed by atoms with Crippen LogP contribution < -0.4 is 0 Å². The van der Waals surface area contributed by atoms with E-state index in [9.17, 15) is 14.7 Å². The molecule has 0 aliphatic carbocycles. The summed E-state index contributed by atoms with van der Waals surface area (Å²) in [7, 11) is 1.30. The molecule has 5 nitrogen and oxygen atoms in total. The molecular weight excluding hydrogens is 351 g/mol. The molecule has 2 N–H and O–H groups in total. The van der Waals surface area contributed by atoms with Crippen molar-refractivity contribution in [2.75, 3.05) is 7.11 Å². The predicted octanol–water partition coefficient (Wildman–Crippen LogP) is 1.51. The number of carbonyl (C=O) groups excluding carboxylic acids is 1. The number of methoxy groups -OCH3 is 1. The molecule has 1 atom stereocenters. The number of hydrogen-bond acceptors (Lipinski definition) is 4. The van der Waals surface area contributed by atoms with E-state index in [2.05, 4.69) is 4.74 Å². The summed E-state index contributed by atoms with van der Waals surface area (Å²) in [6.45, 7) is 0. The molecule has 0 aliphatic rings. The fourth-order valence-electron chi connectivity index (χ4n) is 1.56. The zero-order valence-corrected chi connectivity index (χ0v) is 11.9. The molecule has 0 heterocycles. The summed E-state index contributed by atoms with van der Waals surface area (Å²) < 4.78 is 5.35. The van der Waals surface area contributed by atoms with Crippen molar-refractivity contribution >= 4 is 34.5 Å². The summed E-state index contributed by atoms with van der Waals surface area (Å²) in [5.74, 6) is -1.68. The fraction of sp³-hybridized carbons (Fsp3) is 0.333. The standard InChI is InChI=1S/C12H13IO5/c1-18-10(14)6-5-7-8(11(15)12(16)17)3-2-4-9(7)13/h2-4,11,15H,5-6H2,1H3,(H,16,17). The molecule has 0 amide bonds. The van der Waals surface area contributed by atoms with Crippen LogP contribution in [0.3, 0.4) is 0 Å². The number of aliphatic hydroxyl groups is 1. The molecule has 1 aromatic carbocycles. The van der Waals surface area contributed by atoms with Gasteiger partial charge in [-0.25, -0.2) is 4.79 Å². The van der Waals surface area contributed by atoms with Crippen molar-refractivity contribution < 1.29 is 24.5 Å². The molecule has 1 rings (SSSR count). The van der Waals surface area contributed by atoms with E-state index in [4.69, 9.17) is 5.11 Å². The summed E-state index contributed by atoms with van der Waals surface area (Å²) in [6, 6.07) is 5.02. The number of rotatable bonds is 5.